The van der Waals surface area contributed by atoms with E-state index in [9.17, 15) is 0 Å². The standard InChI is InChI=1S/C42H27NS/c1-2-9-28(10-3-1)29-19-21-30(22-20-29)31-11-6-12-32(25-31)33-13-7-14-34(26-33)35-23-24-38-37(27-35)36-15-8-18-41-42(36)43(38)39-16-4-5-17-40(39)44-41/h1-27H. The van der Waals surface area contributed by atoms with Crippen LogP contribution in [-0.2, 0) is 0 Å². The monoisotopic (exact) mass is 577 g/mol. The molecule has 7 aromatic carbocycles. The maximum absolute atomic E-state index is 2.45. The van der Waals surface area contributed by atoms with E-state index in [1.165, 1.54) is 81.8 Å². The summed E-state index contributed by atoms with van der Waals surface area (Å²) in [7, 11) is 0. The molecule has 9 rings (SSSR count). The molecule has 1 aliphatic rings. The molecule has 1 aliphatic heterocycles. The highest BCUT2D eigenvalue weighted by atomic mass is 32.2. The molecule has 206 valence electrons. The number of para-hydroxylation sites is 2. The number of fused-ring (bicyclic) bond motifs is 5. The molecule has 44 heavy (non-hydrogen) atoms. The van der Waals surface area contributed by atoms with E-state index in [1.54, 1.807) is 0 Å². The largest absolute Gasteiger partial charge is 0.307 e. The molecule has 0 N–H and O–H groups in total. The SMILES string of the molecule is c1ccc(-c2ccc(-c3cccc(-c4cccc(-c5ccc6c(c5)c5cccc7c5n6-c5ccccc5S7)c4)c3)cc2)cc1. The van der Waals surface area contributed by atoms with Crippen molar-refractivity contribution in [3.8, 4) is 50.2 Å². The Morgan fingerprint density at radius 3 is 1.57 bits per heavy atom. The number of hydrogen-bond acceptors (Lipinski definition) is 1. The lowest BCUT2D eigenvalue weighted by Gasteiger charge is -2.19. The second-order valence-electron chi connectivity index (χ2n) is 11.4. The molecule has 0 saturated heterocycles. The van der Waals surface area contributed by atoms with Gasteiger partial charge in [-0.15, -0.1) is 0 Å². The van der Waals surface area contributed by atoms with Gasteiger partial charge in [0.2, 0.25) is 0 Å². The predicted molar refractivity (Wildman–Crippen MR) is 187 cm³/mol. The van der Waals surface area contributed by atoms with Gasteiger partial charge in [0, 0.05) is 20.6 Å². The quantitative estimate of drug-likeness (QED) is 0.201. The van der Waals surface area contributed by atoms with E-state index >= 15 is 0 Å². The third-order valence-electron chi connectivity index (χ3n) is 8.79. The van der Waals surface area contributed by atoms with Gasteiger partial charge in [0.25, 0.3) is 0 Å². The van der Waals surface area contributed by atoms with Crippen molar-refractivity contribution >= 4 is 33.6 Å². The summed E-state index contributed by atoms with van der Waals surface area (Å²) in [6, 6.07) is 59.6. The lowest BCUT2D eigenvalue weighted by Crippen LogP contribution is -2.00. The van der Waals surface area contributed by atoms with E-state index in [-0.39, 0.29) is 0 Å². The fourth-order valence-corrected chi connectivity index (χ4v) is 7.73. The fourth-order valence-electron chi connectivity index (χ4n) is 6.64. The highest BCUT2D eigenvalue weighted by Crippen LogP contribution is 2.47. The van der Waals surface area contributed by atoms with Crippen LogP contribution in [0.5, 0.6) is 0 Å². The maximum Gasteiger partial charge on any atom is 0.0681 e. The minimum absolute atomic E-state index is 1.22. The second kappa shape index (κ2) is 10.2. The van der Waals surface area contributed by atoms with Crippen LogP contribution in [0, 0.1) is 0 Å². The highest BCUT2D eigenvalue weighted by molar-refractivity contribution is 7.99. The first kappa shape index (κ1) is 25.2. The molecule has 0 atom stereocenters. The summed E-state index contributed by atoms with van der Waals surface area (Å²) in [5.74, 6) is 0. The molecule has 0 aliphatic carbocycles. The van der Waals surface area contributed by atoms with Gasteiger partial charge in [-0.3, -0.25) is 0 Å². The van der Waals surface area contributed by atoms with Gasteiger partial charge in [-0.25, -0.2) is 0 Å². The average Bonchev–Trinajstić information content (AvgIpc) is 3.44. The van der Waals surface area contributed by atoms with Crippen LogP contribution in [0.2, 0.25) is 0 Å². The van der Waals surface area contributed by atoms with Crippen molar-refractivity contribution in [3.63, 3.8) is 0 Å². The number of hydrogen-bond donors (Lipinski definition) is 0. The summed E-state index contributed by atoms with van der Waals surface area (Å²) in [6.45, 7) is 0. The molecular weight excluding hydrogens is 551 g/mol. The molecule has 0 saturated carbocycles. The Bertz CT molecular complexity index is 2350. The van der Waals surface area contributed by atoms with Crippen molar-refractivity contribution < 1.29 is 0 Å². The summed E-state index contributed by atoms with van der Waals surface area (Å²) in [5, 5.41) is 2.60. The Hall–Kier alpha value is -5.31. The van der Waals surface area contributed by atoms with Gasteiger partial charge in [0.15, 0.2) is 0 Å². The zero-order valence-corrected chi connectivity index (χ0v) is 24.8. The first-order valence-electron chi connectivity index (χ1n) is 15.0. The lowest BCUT2D eigenvalue weighted by molar-refractivity contribution is 1.09. The third kappa shape index (κ3) is 4.11. The summed E-state index contributed by atoms with van der Waals surface area (Å²) in [4.78, 5) is 2.62. The van der Waals surface area contributed by atoms with E-state index < -0.39 is 0 Å². The molecule has 0 amide bonds. The normalized spacial score (nSPS) is 12.0. The molecule has 2 heteroatoms. The number of nitrogens with zero attached hydrogens (tertiary/aromatic N) is 1. The van der Waals surface area contributed by atoms with Crippen molar-refractivity contribution in [1.29, 1.82) is 0 Å². The van der Waals surface area contributed by atoms with E-state index in [0.717, 1.165) is 0 Å². The molecule has 0 unspecified atom stereocenters. The molecule has 8 aromatic rings. The van der Waals surface area contributed by atoms with Gasteiger partial charge in [0.05, 0.1) is 16.7 Å². The fraction of sp³-hybridized carbons (Fsp3) is 0. The Labute approximate surface area is 261 Å². The third-order valence-corrected chi connectivity index (χ3v) is 9.91. The summed E-state index contributed by atoms with van der Waals surface area (Å²) in [5.41, 5.74) is 13.7. The molecule has 0 fully saturated rings. The van der Waals surface area contributed by atoms with E-state index in [1.807, 2.05) is 11.8 Å². The van der Waals surface area contributed by atoms with Gasteiger partial charge in [-0.05, 0) is 87.0 Å². The van der Waals surface area contributed by atoms with Crippen LogP contribution in [0.1, 0.15) is 0 Å². The van der Waals surface area contributed by atoms with Crippen LogP contribution >= 0.6 is 11.8 Å². The topological polar surface area (TPSA) is 4.93 Å². The van der Waals surface area contributed by atoms with Crippen molar-refractivity contribution in [3.05, 3.63) is 164 Å². The Kier molecular flexibility index (Phi) is 5.82. The van der Waals surface area contributed by atoms with Gasteiger partial charge >= 0.3 is 0 Å². The van der Waals surface area contributed by atoms with Crippen LogP contribution in [-0.4, -0.2) is 4.57 Å². The number of benzene rings is 7. The van der Waals surface area contributed by atoms with Crippen LogP contribution in [0.3, 0.4) is 0 Å². The predicted octanol–water partition coefficient (Wildman–Crippen LogP) is 11.9. The molecule has 0 spiro atoms. The van der Waals surface area contributed by atoms with Crippen molar-refractivity contribution in [2.45, 2.75) is 9.79 Å². The van der Waals surface area contributed by atoms with Crippen LogP contribution in [0.15, 0.2) is 174 Å². The van der Waals surface area contributed by atoms with E-state index in [0.29, 0.717) is 0 Å². The van der Waals surface area contributed by atoms with Crippen molar-refractivity contribution in [2.75, 3.05) is 0 Å². The van der Waals surface area contributed by atoms with E-state index in [2.05, 4.69) is 168 Å². The van der Waals surface area contributed by atoms with Crippen molar-refractivity contribution in [1.82, 2.24) is 4.57 Å². The first-order chi connectivity index (χ1) is 21.8. The van der Waals surface area contributed by atoms with Crippen LogP contribution < -0.4 is 0 Å². The van der Waals surface area contributed by atoms with Gasteiger partial charge in [-0.2, -0.15) is 0 Å². The second-order valence-corrected chi connectivity index (χ2v) is 12.5. The molecule has 1 nitrogen and oxygen atoms in total. The smallest absolute Gasteiger partial charge is 0.0681 e. The summed E-state index contributed by atoms with van der Waals surface area (Å²) in [6.07, 6.45) is 0. The molecule has 2 heterocycles. The zero-order chi connectivity index (χ0) is 29.0. The Balaban J connectivity index is 1.09. The Morgan fingerprint density at radius 2 is 0.841 bits per heavy atom. The maximum atomic E-state index is 2.45. The van der Waals surface area contributed by atoms with Gasteiger partial charge < -0.3 is 4.57 Å². The molecule has 1 aromatic heterocycles. The molecular formula is C42H27NS. The summed E-state index contributed by atoms with van der Waals surface area (Å²) >= 11 is 1.87. The number of rotatable bonds is 4. The van der Waals surface area contributed by atoms with Crippen LogP contribution in [0.4, 0.5) is 0 Å². The van der Waals surface area contributed by atoms with E-state index in [4.69, 9.17) is 0 Å². The van der Waals surface area contributed by atoms with Crippen LogP contribution in [0.25, 0.3) is 72.0 Å². The minimum atomic E-state index is 1.22. The minimum Gasteiger partial charge on any atom is -0.307 e. The van der Waals surface area contributed by atoms with Gasteiger partial charge in [-0.1, -0.05) is 133 Å². The van der Waals surface area contributed by atoms with Crippen molar-refractivity contribution in [2.24, 2.45) is 0 Å². The Morgan fingerprint density at radius 1 is 0.341 bits per heavy atom. The summed E-state index contributed by atoms with van der Waals surface area (Å²) < 4.78 is 2.45. The number of aromatic nitrogens is 1. The highest BCUT2D eigenvalue weighted by Gasteiger charge is 2.22. The first-order valence-corrected chi connectivity index (χ1v) is 15.8. The van der Waals surface area contributed by atoms with Gasteiger partial charge in [0.1, 0.15) is 0 Å². The molecule has 0 bridgehead atoms. The lowest BCUT2D eigenvalue weighted by atomic mass is 9.95. The molecule has 0 radical (unpaired) electrons. The zero-order valence-electron chi connectivity index (χ0n) is 23.9. The average molecular weight is 578 g/mol.